The van der Waals surface area contributed by atoms with E-state index in [0.29, 0.717) is 10.2 Å². The Hall–Kier alpha value is -1.69. The first-order valence-electron chi connectivity index (χ1n) is 4.94. The lowest BCUT2D eigenvalue weighted by atomic mass is 10.1. The van der Waals surface area contributed by atoms with E-state index in [4.69, 9.17) is 5.73 Å². The number of fused-ring (bicyclic) bond motifs is 1. The van der Waals surface area contributed by atoms with Crippen molar-refractivity contribution in [2.45, 2.75) is 6.42 Å². The molecule has 0 fully saturated rings. The molecule has 1 aromatic carbocycles. The van der Waals surface area contributed by atoms with Crippen LogP contribution >= 0.6 is 15.9 Å². The zero-order valence-corrected chi connectivity index (χ0v) is 10.4. The summed E-state index contributed by atoms with van der Waals surface area (Å²) in [5.41, 5.74) is 6.18. The molecule has 17 heavy (non-hydrogen) atoms. The number of anilines is 1. The molecular formula is C11H9BrN2O3. The van der Waals surface area contributed by atoms with Gasteiger partial charge in [-0.25, -0.2) is 4.90 Å². The number of nitrogens with two attached hydrogens (primary N) is 1. The third-order valence-electron chi connectivity index (χ3n) is 2.50. The van der Waals surface area contributed by atoms with Crippen LogP contribution in [0.15, 0.2) is 18.2 Å². The number of imide groups is 3. The number of halogens is 1. The number of benzene rings is 1. The Balaban J connectivity index is 2.46. The first kappa shape index (κ1) is 11.8. The van der Waals surface area contributed by atoms with Crippen molar-refractivity contribution in [3.63, 3.8) is 0 Å². The molecule has 0 radical (unpaired) electrons. The van der Waals surface area contributed by atoms with Gasteiger partial charge >= 0.3 is 0 Å². The molecule has 0 spiro atoms. The number of rotatable bonds is 2. The first-order valence-corrected chi connectivity index (χ1v) is 6.06. The van der Waals surface area contributed by atoms with E-state index in [2.05, 4.69) is 15.9 Å². The third-order valence-corrected chi connectivity index (χ3v) is 2.90. The number of carbonyl (C=O) groups is 3. The van der Waals surface area contributed by atoms with E-state index in [1.807, 2.05) is 0 Å². The van der Waals surface area contributed by atoms with Gasteiger partial charge in [-0.2, -0.15) is 0 Å². The fraction of sp³-hybridized carbons (Fsp3) is 0.182. The first-order chi connectivity index (χ1) is 8.07. The van der Waals surface area contributed by atoms with Crippen LogP contribution in [0.2, 0.25) is 0 Å². The van der Waals surface area contributed by atoms with Crippen molar-refractivity contribution >= 4 is 39.3 Å². The lowest BCUT2D eigenvalue weighted by Crippen LogP contribution is -2.36. The van der Waals surface area contributed by atoms with Crippen LogP contribution in [-0.4, -0.2) is 28.0 Å². The fourth-order valence-corrected chi connectivity index (χ4v) is 2.07. The summed E-state index contributed by atoms with van der Waals surface area (Å²) >= 11 is 3.09. The Kier molecular flexibility index (Phi) is 2.97. The zero-order chi connectivity index (χ0) is 12.6. The molecule has 0 unspecified atom stereocenters. The SMILES string of the molecule is Nc1cccc2c1C(=O)N(C(=O)CCBr)C2=O. The molecule has 1 aliphatic rings. The van der Waals surface area contributed by atoms with Crippen LogP contribution in [-0.2, 0) is 4.79 Å². The zero-order valence-electron chi connectivity index (χ0n) is 8.77. The molecule has 6 heteroatoms. The van der Waals surface area contributed by atoms with Gasteiger partial charge in [0.15, 0.2) is 0 Å². The second-order valence-electron chi connectivity index (χ2n) is 3.55. The summed E-state index contributed by atoms with van der Waals surface area (Å²) < 4.78 is 0. The summed E-state index contributed by atoms with van der Waals surface area (Å²) in [6, 6.07) is 4.60. The summed E-state index contributed by atoms with van der Waals surface area (Å²) in [7, 11) is 0. The Bertz CT molecular complexity index is 527. The highest BCUT2D eigenvalue weighted by molar-refractivity contribution is 9.09. The van der Waals surface area contributed by atoms with Crippen LogP contribution in [0.3, 0.4) is 0 Å². The summed E-state index contributed by atoms with van der Waals surface area (Å²) in [6.45, 7) is 0. The van der Waals surface area contributed by atoms with Gasteiger partial charge in [-0.1, -0.05) is 22.0 Å². The number of alkyl halides is 1. The molecular weight excluding hydrogens is 288 g/mol. The number of nitrogen functional groups attached to an aromatic ring is 1. The van der Waals surface area contributed by atoms with Gasteiger partial charge in [-0.15, -0.1) is 0 Å². The molecule has 88 valence electrons. The van der Waals surface area contributed by atoms with E-state index in [1.54, 1.807) is 6.07 Å². The van der Waals surface area contributed by atoms with Crippen molar-refractivity contribution < 1.29 is 14.4 Å². The average molecular weight is 297 g/mol. The summed E-state index contributed by atoms with van der Waals surface area (Å²) in [4.78, 5) is 36.1. The molecule has 0 saturated heterocycles. The standard InChI is InChI=1S/C11H9BrN2O3/c12-5-4-8(15)14-10(16)6-2-1-3-7(13)9(6)11(14)17/h1-3H,4-5,13H2. The predicted molar refractivity (Wildman–Crippen MR) is 64.8 cm³/mol. The monoisotopic (exact) mass is 296 g/mol. The molecule has 2 N–H and O–H groups in total. The topological polar surface area (TPSA) is 80.5 Å². The van der Waals surface area contributed by atoms with Crippen LogP contribution in [0, 0.1) is 0 Å². The smallest absolute Gasteiger partial charge is 0.270 e. The van der Waals surface area contributed by atoms with E-state index in [-0.39, 0.29) is 23.2 Å². The fourth-order valence-electron chi connectivity index (χ4n) is 1.73. The van der Waals surface area contributed by atoms with Gasteiger partial charge < -0.3 is 5.73 Å². The van der Waals surface area contributed by atoms with E-state index < -0.39 is 17.7 Å². The van der Waals surface area contributed by atoms with Crippen molar-refractivity contribution in [3.05, 3.63) is 29.3 Å². The van der Waals surface area contributed by atoms with Crippen LogP contribution in [0.1, 0.15) is 27.1 Å². The van der Waals surface area contributed by atoms with Crippen molar-refractivity contribution in [1.29, 1.82) is 0 Å². The molecule has 0 aromatic heterocycles. The molecule has 0 saturated carbocycles. The Morgan fingerprint density at radius 2 is 2.00 bits per heavy atom. The van der Waals surface area contributed by atoms with Gasteiger partial charge in [0.05, 0.1) is 11.1 Å². The maximum Gasteiger partial charge on any atom is 0.270 e. The van der Waals surface area contributed by atoms with E-state index in [9.17, 15) is 14.4 Å². The molecule has 0 bridgehead atoms. The summed E-state index contributed by atoms with van der Waals surface area (Å²) in [6.07, 6.45) is 0.0887. The lowest BCUT2D eigenvalue weighted by Gasteiger charge is -2.10. The molecule has 1 aromatic rings. The number of amides is 3. The van der Waals surface area contributed by atoms with Gasteiger partial charge in [0, 0.05) is 17.4 Å². The van der Waals surface area contributed by atoms with E-state index >= 15 is 0 Å². The Morgan fingerprint density at radius 1 is 1.29 bits per heavy atom. The average Bonchev–Trinajstić information content (AvgIpc) is 2.53. The maximum atomic E-state index is 11.9. The number of hydrogen-bond acceptors (Lipinski definition) is 4. The largest absolute Gasteiger partial charge is 0.398 e. The molecule has 1 heterocycles. The van der Waals surface area contributed by atoms with Gasteiger partial charge in [-0.05, 0) is 12.1 Å². The van der Waals surface area contributed by atoms with E-state index in [0.717, 1.165) is 0 Å². The maximum absolute atomic E-state index is 11.9. The lowest BCUT2D eigenvalue weighted by molar-refractivity contribution is -0.125. The highest BCUT2D eigenvalue weighted by atomic mass is 79.9. The summed E-state index contributed by atoms with van der Waals surface area (Å²) in [5.74, 6) is -1.75. The third kappa shape index (κ3) is 1.74. The predicted octanol–water partition coefficient (Wildman–Crippen LogP) is 1.18. The number of nitrogens with zero attached hydrogens (tertiary/aromatic N) is 1. The van der Waals surface area contributed by atoms with Crippen LogP contribution in [0.4, 0.5) is 5.69 Å². The summed E-state index contributed by atoms with van der Waals surface area (Å²) in [5, 5.41) is 0.398. The Morgan fingerprint density at radius 3 is 2.59 bits per heavy atom. The van der Waals surface area contributed by atoms with E-state index in [1.165, 1.54) is 12.1 Å². The molecule has 5 nitrogen and oxygen atoms in total. The molecule has 2 rings (SSSR count). The van der Waals surface area contributed by atoms with Crippen molar-refractivity contribution in [3.8, 4) is 0 Å². The van der Waals surface area contributed by atoms with Crippen molar-refractivity contribution in [1.82, 2.24) is 4.90 Å². The molecule has 1 aliphatic heterocycles. The highest BCUT2D eigenvalue weighted by Crippen LogP contribution is 2.27. The van der Waals surface area contributed by atoms with Gasteiger partial charge in [0.1, 0.15) is 0 Å². The van der Waals surface area contributed by atoms with Gasteiger partial charge in [0.2, 0.25) is 5.91 Å². The van der Waals surface area contributed by atoms with Gasteiger partial charge in [-0.3, -0.25) is 14.4 Å². The molecule has 3 amide bonds. The molecule has 0 atom stereocenters. The van der Waals surface area contributed by atoms with Crippen LogP contribution < -0.4 is 5.73 Å². The second kappa shape index (κ2) is 4.29. The quantitative estimate of drug-likeness (QED) is 0.505. The van der Waals surface area contributed by atoms with Crippen molar-refractivity contribution in [2.24, 2.45) is 0 Å². The molecule has 0 aliphatic carbocycles. The number of hydrogen-bond donors (Lipinski definition) is 1. The Labute approximate surface area is 106 Å². The normalized spacial score (nSPS) is 14.1. The van der Waals surface area contributed by atoms with Crippen LogP contribution in [0.5, 0.6) is 0 Å². The minimum atomic E-state index is -0.631. The minimum Gasteiger partial charge on any atom is -0.398 e. The highest BCUT2D eigenvalue weighted by Gasteiger charge is 2.40. The minimum absolute atomic E-state index is 0.0887. The van der Waals surface area contributed by atoms with Crippen LogP contribution in [0.25, 0.3) is 0 Å². The van der Waals surface area contributed by atoms with Crippen molar-refractivity contribution in [2.75, 3.05) is 11.1 Å². The second-order valence-corrected chi connectivity index (χ2v) is 4.34. The number of carbonyl (C=O) groups excluding carboxylic acids is 3. The van der Waals surface area contributed by atoms with Gasteiger partial charge in [0.25, 0.3) is 11.8 Å².